The fourth-order valence-corrected chi connectivity index (χ4v) is 2.18. The maximum atomic E-state index is 6.26. The number of nitrogens with zero attached hydrogens (tertiary/aromatic N) is 3. The first-order chi connectivity index (χ1) is 8.60. The molecule has 1 aliphatic rings. The lowest BCUT2D eigenvalue weighted by Gasteiger charge is -2.08. The molecule has 0 atom stereocenters. The molecule has 1 heterocycles. The monoisotopic (exact) mass is 244 g/mol. The third kappa shape index (κ3) is 2.10. The zero-order valence-corrected chi connectivity index (χ0v) is 11.1. The lowest BCUT2D eigenvalue weighted by Crippen LogP contribution is -2.50. The SMILES string of the molecule is C=CCn1nc(C)c(=NC)c(=C(N)C2CC2)c1=C. The van der Waals surface area contributed by atoms with E-state index in [-0.39, 0.29) is 0 Å². The molecule has 1 aromatic rings. The van der Waals surface area contributed by atoms with E-state index in [2.05, 4.69) is 23.2 Å². The number of rotatable bonds is 3. The predicted octanol–water partition coefficient (Wildman–Crippen LogP) is -0.205. The Hall–Kier alpha value is -1.84. The van der Waals surface area contributed by atoms with Crippen molar-refractivity contribution in [1.82, 2.24) is 9.78 Å². The topological polar surface area (TPSA) is 56.2 Å². The van der Waals surface area contributed by atoms with Crippen molar-refractivity contribution in [3.63, 3.8) is 0 Å². The minimum Gasteiger partial charge on any atom is -0.401 e. The molecule has 0 bridgehead atoms. The van der Waals surface area contributed by atoms with Gasteiger partial charge in [-0.05, 0) is 25.7 Å². The minimum absolute atomic E-state index is 0.491. The summed E-state index contributed by atoms with van der Waals surface area (Å²) in [5.74, 6) is 0.491. The average molecular weight is 244 g/mol. The van der Waals surface area contributed by atoms with Crippen LogP contribution in [0, 0.1) is 12.8 Å². The lowest BCUT2D eigenvalue weighted by molar-refractivity contribution is 0.631. The fraction of sp³-hybridized carbons (Fsp3) is 0.429. The van der Waals surface area contributed by atoms with Crippen LogP contribution in [0.25, 0.3) is 12.3 Å². The summed E-state index contributed by atoms with van der Waals surface area (Å²) < 4.78 is 1.83. The van der Waals surface area contributed by atoms with Gasteiger partial charge in [0.25, 0.3) is 0 Å². The third-order valence-electron chi connectivity index (χ3n) is 3.28. The molecule has 0 radical (unpaired) electrons. The molecule has 1 saturated carbocycles. The molecule has 4 heteroatoms. The smallest absolute Gasteiger partial charge is 0.0911 e. The Morgan fingerprint density at radius 3 is 2.78 bits per heavy atom. The molecule has 2 N–H and O–H groups in total. The third-order valence-corrected chi connectivity index (χ3v) is 3.28. The summed E-state index contributed by atoms with van der Waals surface area (Å²) in [4.78, 5) is 4.32. The molecule has 0 amide bonds. The molecule has 1 aromatic heterocycles. The van der Waals surface area contributed by atoms with Crippen LogP contribution >= 0.6 is 0 Å². The highest BCUT2D eigenvalue weighted by Crippen LogP contribution is 2.33. The van der Waals surface area contributed by atoms with E-state index >= 15 is 0 Å². The van der Waals surface area contributed by atoms with Crippen molar-refractivity contribution in [2.24, 2.45) is 16.6 Å². The Balaban J connectivity index is 2.88. The Morgan fingerprint density at radius 1 is 1.61 bits per heavy atom. The number of hydrogen-bond acceptors (Lipinski definition) is 3. The Morgan fingerprint density at radius 2 is 2.28 bits per heavy atom. The van der Waals surface area contributed by atoms with Crippen LogP contribution in [-0.4, -0.2) is 16.8 Å². The molecule has 4 nitrogen and oxygen atoms in total. The number of aromatic nitrogens is 2. The molecular weight excluding hydrogens is 224 g/mol. The summed E-state index contributed by atoms with van der Waals surface area (Å²) in [6, 6.07) is 0. The second-order valence-electron chi connectivity index (χ2n) is 4.68. The predicted molar refractivity (Wildman–Crippen MR) is 73.7 cm³/mol. The Labute approximate surface area is 107 Å². The molecule has 0 spiro atoms. The summed E-state index contributed by atoms with van der Waals surface area (Å²) in [6.45, 7) is 10.4. The van der Waals surface area contributed by atoms with Crippen molar-refractivity contribution >= 4 is 12.3 Å². The first kappa shape index (κ1) is 12.6. The second-order valence-corrected chi connectivity index (χ2v) is 4.68. The van der Waals surface area contributed by atoms with Gasteiger partial charge in [-0.1, -0.05) is 12.7 Å². The number of allylic oxidation sites excluding steroid dienone is 1. The van der Waals surface area contributed by atoms with Gasteiger partial charge in [0.15, 0.2) is 0 Å². The molecule has 0 aliphatic heterocycles. The molecule has 18 heavy (non-hydrogen) atoms. The highest BCUT2D eigenvalue weighted by atomic mass is 15.3. The van der Waals surface area contributed by atoms with Crippen molar-refractivity contribution in [3.8, 4) is 0 Å². The minimum atomic E-state index is 0.491. The molecule has 0 aromatic carbocycles. The zero-order valence-electron chi connectivity index (χ0n) is 11.1. The Kier molecular flexibility index (Phi) is 3.36. The maximum Gasteiger partial charge on any atom is 0.0911 e. The van der Waals surface area contributed by atoms with Crippen LogP contribution in [0.4, 0.5) is 0 Å². The van der Waals surface area contributed by atoms with Gasteiger partial charge in [-0.15, -0.1) is 6.58 Å². The maximum absolute atomic E-state index is 6.26. The first-order valence-corrected chi connectivity index (χ1v) is 6.20. The Bertz CT molecular complexity index is 648. The van der Waals surface area contributed by atoms with Crippen LogP contribution in [-0.2, 0) is 6.54 Å². The molecule has 2 rings (SSSR count). The van der Waals surface area contributed by atoms with E-state index in [4.69, 9.17) is 5.73 Å². The van der Waals surface area contributed by atoms with Gasteiger partial charge in [0.2, 0.25) is 0 Å². The molecule has 0 unspecified atom stereocenters. The van der Waals surface area contributed by atoms with Gasteiger partial charge < -0.3 is 5.73 Å². The van der Waals surface area contributed by atoms with Crippen LogP contribution in [0.15, 0.2) is 17.6 Å². The lowest BCUT2D eigenvalue weighted by atomic mass is 10.2. The van der Waals surface area contributed by atoms with Crippen LogP contribution in [0.2, 0.25) is 0 Å². The van der Waals surface area contributed by atoms with E-state index in [9.17, 15) is 0 Å². The second kappa shape index (κ2) is 4.80. The van der Waals surface area contributed by atoms with Crippen molar-refractivity contribution in [3.05, 3.63) is 34.3 Å². The van der Waals surface area contributed by atoms with Gasteiger partial charge in [-0.25, -0.2) is 0 Å². The van der Waals surface area contributed by atoms with Crippen LogP contribution < -0.4 is 21.7 Å². The molecule has 1 aliphatic carbocycles. The normalized spacial score (nSPS) is 17.8. The van der Waals surface area contributed by atoms with Gasteiger partial charge in [0.05, 0.1) is 22.9 Å². The van der Waals surface area contributed by atoms with Gasteiger partial charge in [-0.2, -0.15) is 5.10 Å². The van der Waals surface area contributed by atoms with Gasteiger partial charge >= 0.3 is 0 Å². The van der Waals surface area contributed by atoms with E-state index in [1.165, 1.54) is 0 Å². The van der Waals surface area contributed by atoms with E-state index in [1.54, 1.807) is 13.1 Å². The highest BCUT2D eigenvalue weighted by molar-refractivity contribution is 5.46. The van der Waals surface area contributed by atoms with Crippen molar-refractivity contribution in [1.29, 1.82) is 0 Å². The van der Waals surface area contributed by atoms with Crippen LogP contribution in [0.1, 0.15) is 18.5 Å². The van der Waals surface area contributed by atoms with Gasteiger partial charge in [0.1, 0.15) is 0 Å². The number of nitrogens with two attached hydrogens (primary N) is 1. The van der Waals surface area contributed by atoms with Gasteiger partial charge in [0, 0.05) is 18.0 Å². The quantitative estimate of drug-likeness (QED) is 0.748. The number of hydrogen-bond donors (Lipinski definition) is 1. The van der Waals surface area contributed by atoms with Crippen molar-refractivity contribution < 1.29 is 0 Å². The molecule has 1 fully saturated rings. The van der Waals surface area contributed by atoms with E-state index in [0.717, 1.165) is 40.2 Å². The summed E-state index contributed by atoms with van der Waals surface area (Å²) in [5.41, 5.74) is 8.05. The summed E-state index contributed by atoms with van der Waals surface area (Å²) in [5, 5.41) is 7.13. The van der Waals surface area contributed by atoms with Crippen LogP contribution in [0.5, 0.6) is 0 Å². The van der Waals surface area contributed by atoms with Crippen molar-refractivity contribution in [2.75, 3.05) is 7.05 Å². The summed E-state index contributed by atoms with van der Waals surface area (Å²) in [6.07, 6.45) is 4.13. The molecular formula is C14H20N4. The average Bonchev–Trinajstić information content (AvgIpc) is 3.16. The fourth-order valence-electron chi connectivity index (χ4n) is 2.18. The van der Waals surface area contributed by atoms with Crippen molar-refractivity contribution in [2.45, 2.75) is 26.3 Å². The summed E-state index contributed by atoms with van der Waals surface area (Å²) in [7, 11) is 1.77. The molecule has 96 valence electrons. The highest BCUT2D eigenvalue weighted by Gasteiger charge is 2.25. The van der Waals surface area contributed by atoms with E-state index in [0.29, 0.717) is 12.5 Å². The standard InChI is InChI=1S/C14H20N4/c1-5-8-18-10(3)12(13(15)11-6-7-11)14(16-4)9(2)17-18/h5,11H,1,3,6-8,15H2,2,4H3. The summed E-state index contributed by atoms with van der Waals surface area (Å²) >= 11 is 0. The van der Waals surface area contributed by atoms with Gasteiger partial charge in [-0.3, -0.25) is 9.67 Å². The zero-order chi connectivity index (χ0) is 13.3. The van der Waals surface area contributed by atoms with E-state index in [1.807, 2.05) is 11.6 Å². The van der Waals surface area contributed by atoms with E-state index < -0.39 is 0 Å². The molecule has 0 saturated heterocycles. The van der Waals surface area contributed by atoms with Crippen LogP contribution in [0.3, 0.4) is 0 Å². The first-order valence-electron chi connectivity index (χ1n) is 6.20. The largest absolute Gasteiger partial charge is 0.401 e. The number of aryl methyl sites for hydroxylation is 1.